The van der Waals surface area contributed by atoms with Crippen LogP contribution < -0.4 is 16.1 Å². The van der Waals surface area contributed by atoms with E-state index in [1.165, 1.54) is 24.1 Å². The molecule has 1 heterocycles. The summed E-state index contributed by atoms with van der Waals surface area (Å²) in [5, 5.41) is 17.7. The van der Waals surface area contributed by atoms with Crippen LogP contribution in [0.25, 0.3) is 10.8 Å². The lowest BCUT2D eigenvalue weighted by Crippen LogP contribution is -2.51. The van der Waals surface area contributed by atoms with Gasteiger partial charge < -0.3 is 15.2 Å². The van der Waals surface area contributed by atoms with Gasteiger partial charge in [0.15, 0.2) is 0 Å². The molecule has 0 saturated carbocycles. The van der Waals surface area contributed by atoms with E-state index in [4.69, 9.17) is 16.3 Å². The Morgan fingerprint density at radius 3 is 2.59 bits per heavy atom. The van der Waals surface area contributed by atoms with Gasteiger partial charge in [0, 0.05) is 50.0 Å². The van der Waals surface area contributed by atoms with Crippen LogP contribution in [0.1, 0.15) is 39.2 Å². The largest absolute Gasteiger partial charge is 0.447 e. The van der Waals surface area contributed by atoms with Crippen LogP contribution in [0.15, 0.2) is 54.7 Å². The first kappa shape index (κ1) is 31.7. The third-order valence-corrected chi connectivity index (χ3v) is 6.76. The monoisotopic (exact) mass is 587 g/mol. The number of aliphatic hydroxyl groups is 1. The van der Waals surface area contributed by atoms with Gasteiger partial charge in [-0.15, -0.1) is 0 Å². The lowest BCUT2D eigenvalue weighted by atomic mass is 9.95. The number of pyridine rings is 1. The molecule has 2 aromatic carbocycles. The number of carbonyl (C=O) groups is 3. The summed E-state index contributed by atoms with van der Waals surface area (Å²) in [6.45, 7) is 4.86. The maximum absolute atomic E-state index is 13.9. The van der Waals surface area contributed by atoms with Crippen molar-refractivity contribution in [3.8, 4) is 0 Å². The molecule has 0 saturated heterocycles. The van der Waals surface area contributed by atoms with Crippen LogP contribution in [0.2, 0.25) is 5.02 Å². The van der Waals surface area contributed by atoms with E-state index in [1.807, 2.05) is 38.1 Å². The molecule has 4 N–H and O–H groups in total. The fourth-order valence-corrected chi connectivity index (χ4v) is 4.08. The predicted octanol–water partition coefficient (Wildman–Crippen LogP) is 4.41. The number of rotatable bonds is 13. The topological polar surface area (TPSA) is 133 Å². The SMILES string of the molecule is CC(=O)N(NCc1cccc(F)c1Cl)[C@@H](CCC(=O)NCC(C)(C)CO)COC(=O)Nc1cc2ccccc2cn1. The average Bonchev–Trinajstić information content (AvgIpc) is 2.94. The molecule has 220 valence electrons. The number of carbonyl (C=O) groups excluding carboxylic acids is 3. The van der Waals surface area contributed by atoms with E-state index in [2.05, 4.69) is 21.0 Å². The zero-order valence-electron chi connectivity index (χ0n) is 23.2. The molecule has 41 heavy (non-hydrogen) atoms. The van der Waals surface area contributed by atoms with E-state index in [9.17, 15) is 23.9 Å². The number of aliphatic hydroxyl groups excluding tert-OH is 1. The van der Waals surface area contributed by atoms with Crippen molar-refractivity contribution < 1.29 is 28.6 Å². The first-order valence-corrected chi connectivity index (χ1v) is 13.5. The molecule has 0 bridgehead atoms. The standard InChI is InChI=1S/C29H35ClFN5O5/c1-19(38)36(34-15-22-9-6-10-24(31)27(22)30)23(11-12-26(39)33-17-29(2,3)18-37)16-41-28(40)35-25-13-20-7-4-5-8-21(20)14-32-25/h4-10,13-14,23,34,37H,11-12,15-18H2,1-3H3,(H,33,39)(H,32,35,40)/t23-/m0/s1. The Bertz CT molecular complexity index is 1370. The van der Waals surface area contributed by atoms with Crippen LogP contribution in [0.3, 0.4) is 0 Å². The minimum absolute atomic E-state index is 0.00949. The van der Waals surface area contributed by atoms with Gasteiger partial charge >= 0.3 is 6.09 Å². The van der Waals surface area contributed by atoms with Crippen molar-refractivity contribution in [1.82, 2.24) is 20.7 Å². The first-order valence-electron chi connectivity index (χ1n) is 13.1. The summed E-state index contributed by atoms with van der Waals surface area (Å²) in [5.41, 5.74) is 2.85. The van der Waals surface area contributed by atoms with Crippen molar-refractivity contribution in [3.05, 3.63) is 71.1 Å². The highest BCUT2D eigenvalue weighted by molar-refractivity contribution is 6.31. The normalized spacial score (nSPS) is 12.0. The molecule has 0 aliphatic heterocycles. The van der Waals surface area contributed by atoms with Gasteiger partial charge in [-0.3, -0.25) is 19.9 Å². The number of ether oxygens (including phenoxy) is 1. The van der Waals surface area contributed by atoms with Crippen LogP contribution >= 0.6 is 11.6 Å². The van der Waals surface area contributed by atoms with Gasteiger partial charge in [0.05, 0.1) is 11.1 Å². The molecule has 0 unspecified atom stereocenters. The Morgan fingerprint density at radius 1 is 1.15 bits per heavy atom. The van der Waals surface area contributed by atoms with Crippen LogP contribution in [-0.4, -0.2) is 58.8 Å². The van der Waals surface area contributed by atoms with Crippen LogP contribution in [0.5, 0.6) is 0 Å². The van der Waals surface area contributed by atoms with Gasteiger partial charge in [-0.2, -0.15) is 0 Å². The third-order valence-electron chi connectivity index (χ3n) is 6.34. The molecule has 12 heteroatoms. The van der Waals surface area contributed by atoms with E-state index in [0.29, 0.717) is 11.4 Å². The molecule has 1 atom stereocenters. The molecule has 0 spiro atoms. The summed E-state index contributed by atoms with van der Waals surface area (Å²) in [6, 6.07) is 12.8. The number of hydrogen-bond donors (Lipinski definition) is 4. The lowest BCUT2D eigenvalue weighted by Gasteiger charge is -2.31. The molecular formula is C29H35ClFN5O5. The summed E-state index contributed by atoms with van der Waals surface area (Å²) >= 11 is 6.07. The molecule has 0 radical (unpaired) electrons. The van der Waals surface area contributed by atoms with Gasteiger partial charge in [-0.25, -0.2) is 19.6 Å². The molecule has 3 rings (SSSR count). The summed E-state index contributed by atoms with van der Waals surface area (Å²) in [7, 11) is 0. The second-order valence-corrected chi connectivity index (χ2v) is 10.7. The van der Waals surface area contributed by atoms with Crippen LogP contribution in [-0.2, 0) is 20.9 Å². The predicted molar refractivity (Wildman–Crippen MR) is 154 cm³/mol. The number of aromatic nitrogens is 1. The molecule has 3 aromatic rings. The lowest BCUT2D eigenvalue weighted by molar-refractivity contribution is -0.137. The maximum atomic E-state index is 13.9. The van der Waals surface area contributed by atoms with Crippen molar-refractivity contribution in [3.63, 3.8) is 0 Å². The number of hydrogen-bond acceptors (Lipinski definition) is 7. The highest BCUT2D eigenvalue weighted by Crippen LogP contribution is 2.20. The first-order chi connectivity index (χ1) is 19.5. The number of halogens is 2. The fraction of sp³-hybridized carbons (Fsp3) is 0.379. The van der Waals surface area contributed by atoms with E-state index < -0.39 is 29.3 Å². The number of nitrogens with one attached hydrogen (secondary N) is 3. The molecular weight excluding hydrogens is 553 g/mol. The summed E-state index contributed by atoms with van der Waals surface area (Å²) in [5.74, 6) is -1.01. The van der Waals surface area contributed by atoms with E-state index in [0.717, 1.165) is 10.8 Å². The number of amides is 3. The summed E-state index contributed by atoms with van der Waals surface area (Å²) < 4.78 is 19.4. The van der Waals surface area contributed by atoms with E-state index in [-0.39, 0.29) is 50.1 Å². The molecule has 10 nitrogen and oxygen atoms in total. The number of anilines is 1. The van der Waals surface area contributed by atoms with E-state index >= 15 is 0 Å². The number of nitrogens with zero attached hydrogens (tertiary/aromatic N) is 2. The molecule has 0 aliphatic carbocycles. The number of fused-ring (bicyclic) bond motifs is 1. The Balaban J connectivity index is 1.69. The van der Waals surface area contributed by atoms with Crippen molar-refractivity contribution in [1.29, 1.82) is 0 Å². The Kier molecular flexibility index (Phi) is 11.4. The van der Waals surface area contributed by atoms with Crippen LogP contribution in [0, 0.1) is 11.2 Å². The van der Waals surface area contributed by atoms with Crippen molar-refractivity contribution in [2.24, 2.45) is 5.41 Å². The van der Waals surface area contributed by atoms with Gasteiger partial charge in [0.2, 0.25) is 11.8 Å². The average molecular weight is 588 g/mol. The fourth-order valence-electron chi connectivity index (χ4n) is 3.88. The van der Waals surface area contributed by atoms with Crippen molar-refractivity contribution in [2.45, 2.75) is 46.2 Å². The van der Waals surface area contributed by atoms with Gasteiger partial charge in [0.1, 0.15) is 18.2 Å². The zero-order valence-corrected chi connectivity index (χ0v) is 24.0. The van der Waals surface area contributed by atoms with Crippen LogP contribution in [0.4, 0.5) is 15.0 Å². The molecule has 1 aromatic heterocycles. The minimum Gasteiger partial charge on any atom is -0.447 e. The second-order valence-electron chi connectivity index (χ2n) is 10.4. The molecule has 3 amide bonds. The van der Waals surface area contributed by atoms with Crippen molar-refractivity contribution in [2.75, 3.05) is 25.1 Å². The quantitative estimate of drug-likeness (QED) is 0.218. The number of benzene rings is 2. The van der Waals surface area contributed by atoms with Crippen molar-refractivity contribution >= 4 is 46.1 Å². The van der Waals surface area contributed by atoms with Gasteiger partial charge in [0.25, 0.3) is 0 Å². The second kappa shape index (κ2) is 14.7. The highest BCUT2D eigenvalue weighted by atomic mass is 35.5. The minimum atomic E-state index is -0.788. The van der Waals surface area contributed by atoms with Gasteiger partial charge in [-0.1, -0.05) is 61.8 Å². The zero-order chi connectivity index (χ0) is 30.0. The van der Waals surface area contributed by atoms with Gasteiger partial charge in [-0.05, 0) is 29.5 Å². The van der Waals surface area contributed by atoms with E-state index in [1.54, 1.807) is 18.3 Å². The number of hydrazine groups is 1. The molecule has 0 fully saturated rings. The Hall–Kier alpha value is -3.80. The highest BCUT2D eigenvalue weighted by Gasteiger charge is 2.25. The summed E-state index contributed by atoms with van der Waals surface area (Å²) in [4.78, 5) is 42.0. The Labute approximate surface area is 243 Å². The molecule has 0 aliphatic rings. The summed E-state index contributed by atoms with van der Waals surface area (Å²) in [6.07, 6.45) is 0.985. The maximum Gasteiger partial charge on any atom is 0.412 e. The Morgan fingerprint density at radius 2 is 1.88 bits per heavy atom. The smallest absolute Gasteiger partial charge is 0.412 e. The third kappa shape index (κ3) is 9.66.